The lowest BCUT2D eigenvalue weighted by molar-refractivity contribution is -0.116. The number of hydrogen-bond donors (Lipinski definition) is 1. The predicted octanol–water partition coefficient (Wildman–Crippen LogP) is 3.75. The van der Waals surface area contributed by atoms with Crippen LogP contribution in [0.15, 0.2) is 30.3 Å². The molecular weight excluding hydrogens is 410 g/mol. The summed E-state index contributed by atoms with van der Waals surface area (Å²) in [5.74, 6) is -0.812. The number of carbonyl (C=O) groups is 2. The molecule has 3 rings (SSSR count). The largest absolute Gasteiger partial charge is 0.465 e. The third-order valence-electron chi connectivity index (χ3n) is 4.90. The van der Waals surface area contributed by atoms with E-state index in [1.54, 1.807) is 24.3 Å². The van der Waals surface area contributed by atoms with Crippen LogP contribution in [0.25, 0.3) is 0 Å². The van der Waals surface area contributed by atoms with E-state index in [-0.39, 0.29) is 30.3 Å². The fourth-order valence-corrected chi connectivity index (χ4v) is 6.24. The Morgan fingerprint density at radius 2 is 1.86 bits per heavy atom. The Bertz CT molecular complexity index is 980. The first-order valence-electron chi connectivity index (χ1n) is 9.66. The Morgan fingerprint density at radius 3 is 2.59 bits per heavy atom. The highest BCUT2D eigenvalue weighted by Gasteiger charge is 2.27. The summed E-state index contributed by atoms with van der Waals surface area (Å²) < 4.78 is 29.4. The minimum absolute atomic E-state index is 0.0282. The van der Waals surface area contributed by atoms with Crippen LogP contribution >= 0.6 is 11.3 Å². The summed E-state index contributed by atoms with van der Waals surface area (Å²) in [7, 11) is -1.95. The summed E-state index contributed by atoms with van der Waals surface area (Å²) in [6.07, 6.45) is 4.11. The number of ether oxygens (including phenoxy) is 1. The number of amides is 1. The average molecular weight is 436 g/mol. The van der Waals surface area contributed by atoms with Crippen LogP contribution < -0.4 is 5.32 Å². The first-order valence-corrected chi connectivity index (χ1v) is 12.3. The molecule has 29 heavy (non-hydrogen) atoms. The number of anilines is 1. The molecule has 0 atom stereocenters. The molecule has 1 aliphatic rings. The number of aryl methyl sites for hydroxylation is 1. The molecule has 0 radical (unpaired) electrons. The first kappa shape index (κ1) is 21.5. The maximum atomic E-state index is 12.4. The smallest absolute Gasteiger partial charge is 0.341 e. The van der Waals surface area contributed by atoms with Crippen molar-refractivity contribution < 1.29 is 22.7 Å². The van der Waals surface area contributed by atoms with Gasteiger partial charge >= 0.3 is 5.97 Å². The van der Waals surface area contributed by atoms with Crippen LogP contribution in [0.1, 0.15) is 52.0 Å². The molecule has 1 heterocycles. The number of methoxy groups -OCH3 is 1. The molecule has 156 valence electrons. The molecule has 1 aromatic carbocycles. The van der Waals surface area contributed by atoms with Gasteiger partial charge in [-0.05, 0) is 43.2 Å². The van der Waals surface area contributed by atoms with Gasteiger partial charge in [0.05, 0.1) is 24.2 Å². The van der Waals surface area contributed by atoms with E-state index in [1.807, 2.05) is 6.07 Å². The molecule has 8 heteroatoms. The molecule has 0 fully saturated rings. The molecular formula is C21H25NO5S2. The van der Waals surface area contributed by atoms with Gasteiger partial charge in [0.15, 0.2) is 9.84 Å². The number of benzene rings is 1. The van der Waals surface area contributed by atoms with E-state index >= 15 is 0 Å². The molecule has 1 N–H and O–H groups in total. The van der Waals surface area contributed by atoms with Crippen LogP contribution in [0.4, 0.5) is 5.00 Å². The molecule has 1 amide bonds. The normalized spacial score (nSPS) is 13.6. The van der Waals surface area contributed by atoms with Crippen molar-refractivity contribution in [3.63, 3.8) is 0 Å². The molecule has 0 aliphatic heterocycles. The van der Waals surface area contributed by atoms with Crippen LogP contribution in [0.3, 0.4) is 0 Å². The van der Waals surface area contributed by atoms with Crippen molar-refractivity contribution in [2.45, 2.75) is 44.3 Å². The zero-order valence-corrected chi connectivity index (χ0v) is 18.0. The standard InChI is InChI=1S/C21H25NO5S2/c1-27-21(24)19-16-10-5-6-11-17(16)28-20(19)22-18(23)12-7-13-29(25,26)14-15-8-3-2-4-9-15/h2-4,8-9H,5-7,10-14H2,1H3,(H,22,23). The van der Waals surface area contributed by atoms with Crippen molar-refractivity contribution in [2.24, 2.45) is 0 Å². The fraction of sp³-hybridized carbons (Fsp3) is 0.429. The fourth-order valence-electron chi connectivity index (χ4n) is 3.51. The Morgan fingerprint density at radius 1 is 1.14 bits per heavy atom. The van der Waals surface area contributed by atoms with Crippen LogP contribution in [-0.4, -0.2) is 33.2 Å². The molecule has 0 spiro atoms. The molecule has 0 bridgehead atoms. The van der Waals surface area contributed by atoms with E-state index < -0.39 is 15.8 Å². The second kappa shape index (κ2) is 9.54. The molecule has 0 unspecified atom stereocenters. The third kappa shape index (κ3) is 5.67. The lowest BCUT2D eigenvalue weighted by Crippen LogP contribution is -2.16. The molecule has 6 nitrogen and oxygen atoms in total. The monoisotopic (exact) mass is 435 g/mol. The molecule has 0 saturated heterocycles. The molecule has 2 aromatic rings. The first-order chi connectivity index (χ1) is 13.9. The lowest BCUT2D eigenvalue weighted by Gasteiger charge is -2.11. The van der Waals surface area contributed by atoms with Gasteiger partial charge in [0.2, 0.25) is 5.91 Å². The Labute approximate surface area is 175 Å². The third-order valence-corrected chi connectivity index (χ3v) is 7.79. The van der Waals surface area contributed by atoms with Gasteiger partial charge in [-0.3, -0.25) is 4.79 Å². The second-order valence-corrected chi connectivity index (χ2v) is 10.4. The van der Waals surface area contributed by atoms with Crippen molar-refractivity contribution in [3.05, 3.63) is 51.9 Å². The molecule has 1 aromatic heterocycles. The van der Waals surface area contributed by atoms with Gasteiger partial charge in [0.25, 0.3) is 0 Å². The van der Waals surface area contributed by atoms with Crippen LogP contribution in [0.5, 0.6) is 0 Å². The van der Waals surface area contributed by atoms with Crippen molar-refractivity contribution in [2.75, 3.05) is 18.2 Å². The number of fused-ring (bicyclic) bond motifs is 1. The quantitative estimate of drug-likeness (QED) is 0.638. The molecule has 0 saturated carbocycles. The Balaban J connectivity index is 1.58. The van der Waals surface area contributed by atoms with E-state index in [0.717, 1.165) is 41.7 Å². The highest BCUT2D eigenvalue weighted by atomic mass is 32.2. The second-order valence-electron chi connectivity index (χ2n) is 7.14. The zero-order chi connectivity index (χ0) is 20.9. The SMILES string of the molecule is COC(=O)c1c(NC(=O)CCCS(=O)(=O)Cc2ccccc2)sc2c1CCCC2. The van der Waals surface area contributed by atoms with Crippen molar-refractivity contribution in [1.82, 2.24) is 0 Å². The van der Waals surface area contributed by atoms with Gasteiger partial charge in [0.1, 0.15) is 5.00 Å². The number of esters is 1. The van der Waals surface area contributed by atoms with Gasteiger partial charge in [-0.15, -0.1) is 11.3 Å². The maximum absolute atomic E-state index is 12.4. The number of rotatable bonds is 8. The van der Waals surface area contributed by atoms with Crippen molar-refractivity contribution in [3.8, 4) is 0 Å². The lowest BCUT2D eigenvalue weighted by atomic mass is 9.95. The van der Waals surface area contributed by atoms with Gasteiger partial charge in [-0.1, -0.05) is 30.3 Å². The Hall–Kier alpha value is -2.19. The molecule has 1 aliphatic carbocycles. The van der Waals surface area contributed by atoms with E-state index in [0.29, 0.717) is 10.6 Å². The summed E-state index contributed by atoms with van der Waals surface area (Å²) in [6, 6.07) is 9.00. The van der Waals surface area contributed by atoms with Crippen LogP contribution in [-0.2, 0) is 38.0 Å². The minimum Gasteiger partial charge on any atom is -0.465 e. The van der Waals surface area contributed by atoms with Gasteiger partial charge in [0, 0.05) is 11.3 Å². The van der Waals surface area contributed by atoms with Crippen molar-refractivity contribution >= 4 is 38.1 Å². The van der Waals surface area contributed by atoms with E-state index in [9.17, 15) is 18.0 Å². The van der Waals surface area contributed by atoms with E-state index in [4.69, 9.17) is 4.74 Å². The number of nitrogens with one attached hydrogen (secondary N) is 1. The average Bonchev–Trinajstić information content (AvgIpc) is 3.05. The summed E-state index contributed by atoms with van der Waals surface area (Å²) in [6.45, 7) is 0. The highest BCUT2D eigenvalue weighted by molar-refractivity contribution is 7.90. The number of carbonyl (C=O) groups excluding carboxylic acids is 2. The summed E-state index contributed by atoms with van der Waals surface area (Å²) in [5.41, 5.74) is 2.18. The summed E-state index contributed by atoms with van der Waals surface area (Å²) in [4.78, 5) is 25.7. The van der Waals surface area contributed by atoms with Gasteiger partial charge in [-0.25, -0.2) is 13.2 Å². The van der Waals surface area contributed by atoms with Crippen molar-refractivity contribution in [1.29, 1.82) is 0 Å². The number of sulfone groups is 1. The topological polar surface area (TPSA) is 89.5 Å². The summed E-state index contributed by atoms with van der Waals surface area (Å²) in [5, 5.41) is 3.32. The maximum Gasteiger partial charge on any atom is 0.341 e. The summed E-state index contributed by atoms with van der Waals surface area (Å²) >= 11 is 1.42. The number of thiophene rings is 1. The Kier molecular flexibility index (Phi) is 7.08. The minimum atomic E-state index is -3.28. The zero-order valence-electron chi connectivity index (χ0n) is 16.4. The number of hydrogen-bond acceptors (Lipinski definition) is 6. The van der Waals surface area contributed by atoms with Crippen LogP contribution in [0.2, 0.25) is 0 Å². The highest BCUT2D eigenvalue weighted by Crippen LogP contribution is 2.38. The van der Waals surface area contributed by atoms with E-state index in [2.05, 4.69) is 5.32 Å². The van der Waals surface area contributed by atoms with Gasteiger partial charge < -0.3 is 10.1 Å². The predicted molar refractivity (Wildman–Crippen MR) is 114 cm³/mol. The van der Waals surface area contributed by atoms with Crippen LogP contribution in [0, 0.1) is 0 Å². The van der Waals surface area contributed by atoms with Gasteiger partial charge in [-0.2, -0.15) is 0 Å². The van der Waals surface area contributed by atoms with E-state index in [1.165, 1.54) is 18.4 Å².